The standard InChI is InChI=1S/C25H30N2O4/c1-18(23(28)26-20-13-7-4-8-14-20)31-25(30)22-16-10-9-15-21(22)24(29)27(2)17-19-11-5-3-6-12-19/h3,5-6,9-12,15-16,18,20H,4,7-8,13-14,17H2,1-2H3,(H,26,28)/t18-/m0/s1. The van der Waals surface area contributed by atoms with Crippen molar-refractivity contribution in [2.45, 2.75) is 57.7 Å². The van der Waals surface area contributed by atoms with Crippen molar-refractivity contribution in [2.75, 3.05) is 7.05 Å². The van der Waals surface area contributed by atoms with Gasteiger partial charge in [-0.15, -0.1) is 0 Å². The molecule has 3 rings (SSSR count). The van der Waals surface area contributed by atoms with E-state index in [1.54, 1.807) is 43.1 Å². The van der Waals surface area contributed by atoms with Gasteiger partial charge in [-0.05, 0) is 37.5 Å². The predicted octanol–water partition coefficient (Wildman–Crippen LogP) is 3.95. The summed E-state index contributed by atoms with van der Waals surface area (Å²) in [4.78, 5) is 39.8. The van der Waals surface area contributed by atoms with E-state index in [0.717, 1.165) is 31.2 Å². The maximum Gasteiger partial charge on any atom is 0.339 e. The van der Waals surface area contributed by atoms with Crippen LogP contribution in [-0.2, 0) is 16.1 Å². The number of nitrogens with zero attached hydrogens (tertiary/aromatic N) is 1. The molecule has 0 aliphatic heterocycles. The molecule has 2 aromatic rings. The minimum atomic E-state index is -0.931. The van der Waals surface area contributed by atoms with Gasteiger partial charge in [-0.2, -0.15) is 0 Å². The summed E-state index contributed by atoms with van der Waals surface area (Å²) in [5.74, 6) is -1.26. The Hall–Kier alpha value is -3.15. The van der Waals surface area contributed by atoms with E-state index in [4.69, 9.17) is 4.74 Å². The van der Waals surface area contributed by atoms with Gasteiger partial charge >= 0.3 is 5.97 Å². The molecule has 0 radical (unpaired) electrons. The van der Waals surface area contributed by atoms with Crippen LogP contribution >= 0.6 is 0 Å². The molecule has 0 saturated heterocycles. The molecule has 1 N–H and O–H groups in total. The molecule has 0 unspecified atom stereocenters. The third kappa shape index (κ3) is 6.17. The molecule has 1 saturated carbocycles. The highest BCUT2D eigenvalue weighted by Crippen LogP contribution is 2.18. The van der Waals surface area contributed by atoms with Crippen LogP contribution in [0.5, 0.6) is 0 Å². The van der Waals surface area contributed by atoms with Crippen LogP contribution in [0.2, 0.25) is 0 Å². The molecule has 1 atom stereocenters. The van der Waals surface area contributed by atoms with E-state index in [-0.39, 0.29) is 29.0 Å². The van der Waals surface area contributed by atoms with Gasteiger partial charge in [0.05, 0.1) is 11.1 Å². The molecular formula is C25H30N2O4. The summed E-state index contributed by atoms with van der Waals surface area (Å²) in [5, 5.41) is 2.97. The first kappa shape index (κ1) is 22.5. The van der Waals surface area contributed by atoms with Gasteiger partial charge in [0.1, 0.15) is 0 Å². The van der Waals surface area contributed by atoms with E-state index in [9.17, 15) is 14.4 Å². The molecule has 1 aliphatic rings. The molecule has 0 aromatic heterocycles. The fourth-order valence-electron chi connectivity index (χ4n) is 3.83. The number of rotatable bonds is 7. The first-order chi connectivity index (χ1) is 15.0. The zero-order valence-electron chi connectivity index (χ0n) is 18.2. The molecule has 164 valence electrons. The van der Waals surface area contributed by atoms with Crippen LogP contribution in [0.15, 0.2) is 54.6 Å². The Kier molecular flexibility index (Phi) is 7.82. The summed E-state index contributed by atoms with van der Waals surface area (Å²) in [6.45, 7) is 1.98. The first-order valence-corrected chi connectivity index (χ1v) is 10.9. The van der Waals surface area contributed by atoms with Crippen molar-refractivity contribution in [3.05, 3.63) is 71.3 Å². The molecule has 0 spiro atoms. The van der Waals surface area contributed by atoms with Crippen LogP contribution in [-0.4, -0.2) is 41.9 Å². The van der Waals surface area contributed by atoms with Crippen LogP contribution in [0.3, 0.4) is 0 Å². The van der Waals surface area contributed by atoms with E-state index >= 15 is 0 Å². The Morgan fingerprint density at radius 3 is 2.26 bits per heavy atom. The topological polar surface area (TPSA) is 75.7 Å². The van der Waals surface area contributed by atoms with Crippen LogP contribution < -0.4 is 5.32 Å². The number of carbonyl (C=O) groups excluding carboxylic acids is 3. The van der Waals surface area contributed by atoms with Gasteiger partial charge in [-0.25, -0.2) is 4.79 Å². The van der Waals surface area contributed by atoms with Crippen molar-refractivity contribution in [1.29, 1.82) is 0 Å². The van der Waals surface area contributed by atoms with Crippen molar-refractivity contribution in [2.24, 2.45) is 0 Å². The van der Waals surface area contributed by atoms with Gasteiger partial charge in [0.25, 0.3) is 11.8 Å². The highest BCUT2D eigenvalue weighted by atomic mass is 16.5. The molecular weight excluding hydrogens is 392 g/mol. The Labute approximate surface area is 183 Å². The van der Waals surface area contributed by atoms with Gasteiger partial charge in [0, 0.05) is 19.6 Å². The highest BCUT2D eigenvalue weighted by Gasteiger charge is 2.26. The summed E-state index contributed by atoms with van der Waals surface area (Å²) in [7, 11) is 1.69. The van der Waals surface area contributed by atoms with Crippen molar-refractivity contribution < 1.29 is 19.1 Å². The molecule has 0 heterocycles. The second kappa shape index (κ2) is 10.8. The quantitative estimate of drug-likeness (QED) is 0.686. The third-order valence-corrected chi connectivity index (χ3v) is 5.59. The van der Waals surface area contributed by atoms with E-state index in [0.29, 0.717) is 6.54 Å². The van der Waals surface area contributed by atoms with Gasteiger partial charge in [-0.3, -0.25) is 9.59 Å². The summed E-state index contributed by atoms with van der Waals surface area (Å²) in [6.07, 6.45) is 4.38. The monoisotopic (exact) mass is 422 g/mol. The number of nitrogens with one attached hydrogen (secondary N) is 1. The number of benzene rings is 2. The first-order valence-electron chi connectivity index (χ1n) is 10.9. The van der Waals surface area contributed by atoms with Gasteiger partial charge < -0.3 is 15.0 Å². The molecule has 1 fully saturated rings. The molecule has 6 nitrogen and oxygen atoms in total. The van der Waals surface area contributed by atoms with Gasteiger partial charge in [-0.1, -0.05) is 61.7 Å². The van der Waals surface area contributed by atoms with Gasteiger partial charge in [0.15, 0.2) is 6.10 Å². The predicted molar refractivity (Wildman–Crippen MR) is 119 cm³/mol. The van der Waals surface area contributed by atoms with E-state index < -0.39 is 12.1 Å². The van der Waals surface area contributed by atoms with Crippen molar-refractivity contribution in [3.63, 3.8) is 0 Å². The van der Waals surface area contributed by atoms with E-state index in [1.807, 2.05) is 30.3 Å². The van der Waals surface area contributed by atoms with Gasteiger partial charge in [0.2, 0.25) is 0 Å². The Bertz CT molecular complexity index is 907. The zero-order chi connectivity index (χ0) is 22.2. The Morgan fingerprint density at radius 1 is 0.968 bits per heavy atom. The number of hydrogen-bond donors (Lipinski definition) is 1. The largest absolute Gasteiger partial charge is 0.449 e. The smallest absolute Gasteiger partial charge is 0.339 e. The second-order valence-electron chi connectivity index (χ2n) is 8.08. The molecule has 31 heavy (non-hydrogen) atoms. The summed E-state index contributed by atoms with van der Waals surface area (Å²) >= 11 is 0. The summed E-state index contributed by atoms with van der Waals surface area (Å²) in [5.41, 5.74) is 1.40. The van der Waals surface area contributed by atoms with Crippen molar-refractivity contribution in [3.8, 4) is 0 Å². The third-order valence-electron chi connectivity index (χ3n) is 5.59. The fraction of sp³-hybridized carbons (Fsp3) is 0.400. The SMILES string of the molecule is C[C@H](OC(=O)c1ccccc1C(=O)N(C)Cc1ccccc1)C(=O)NC1CCCCC1. The van der Waals surface area contributed by atoms with E-state index in [1.165, 1.54) is 6.42 Å². The number of ether oxygens (including phenoxy) is 1. The number of amides is 2. The lowest BCUT2D eigenvalue weighted by atomic mass is 9.95. The maximum atomic E-state index is 13.0. The molecule has 2 amide bonds. The van der Waals surface area contributed by atoms with Crippen LogP contribution in [0, 0.1) is 0 Å². The Balaban J connectivity index is 1.64. The minimum absolute atomic E-state index is 0.142. The summed E-state index contributed by atoms with van der Waals surface area (Å²) in [6, 6.07) is 16.3. The normalized spacial score (nSPS) is 15.0. The lowest BCUT2D eigenvalue weighted by Gasteiger charge is -2.24. The zero-order valence-corrected chi connectivity index (χ0v) is 18.2. The lowest BCUT2D eigenvalue weighted by molar-refractivity contribution is -0.130. The Morgan fingerprint density at radius 2 is 1.58 bits per heavy atom. The average molecular weight is 423 g/mol. The highest BCUT2D eigenvalue weighted by molar-refractivity contribution is 6.05. The molecule has 2 aromatic carbocycles. The summed E-state index contributed by atoms with van der Waals surface area (Å²) < 4.78 is 5.41. The number of hydrogen-bond acceptors (Lipinski definition) is 4. The lowest BCUT2D eigenvalue weighted by Crippen LogP contribution is -2.43. The molecule has 6 heteroatoms. The van der Waals surface area contributed by atoms with Crippen LogP contribution in [0.4, 0.5) is 0 Å². The fourth-order valence-corrected chi connectivity index (χ4v) is 3.83. The van der Waals surface area contributed by atoms with Crippen LogP contribution in [0.25, 0.3) is 0 Å². The number of carbonyl (C=O) groups is 3. The molecule has 0 bridgehead atoms. The number of esters is 1. The van der Waals surface area contributed by atoms with E-state index in [2.05, 4.69) is 5.32 Å². The maximum absolute atomic E-state index is 13.0. The molecule has 1 aliphatic carbocycles. The van der Waals surface area contributed by atoms with Crippen LogP contribution in [0.1, 0.15) is 65.3 Å². The van der Waals surface area contributed by atoms with Crippen molar-refractivity contribution in [1.82, 2.24) is 10.2 Å². The average Bonchev–Trinajstić information content (AvgIpc) is 2.79. The van der Waals surface area contributed by atoms with Crippen molar-refractivity contribution >= 4 is 17.8 Å². The second-order valence-corrected chi connectivity index (χ2v) is 8.08. The minimum Gasteiger partial charge on any atom is -0.449 e.